The van der Waals surface area contributed by atoms with Crippen LogP contribution < -0.4 is 16.0 Å². The lowest BCUT2D eigenvalue weighted by atomic mass is 10.1. The van der Waals surface area contributed by atoms with Crippen molar-refractivity contribution in [3.63, 3.8) is 0 Å². The van der Waals surface area contributed by atoms with E-state index in [2.05, 4.69) is 28.4 Å². The zero-order valence-corrected chi connectivity index (χ0v) is 10.7. The Morgan fingerprint density at radius 3 is 3.00 bits per heavy atom. The Labute approximate surface area is 108 Å². The van der Waals surface area contributed by atoms with Gasteiger partial charge in [-0.2, -0.15) is 0 Å². The maximum atomic E-state index is 11.8. The minimum atomic E-state index is 0.0529. The molecule has 1 aliphatic rings. The Kier molecular flexibility index (Phi) is 4.59. The first-order chi connectivity index (χ1) is 8.81. The molecular formula is C14H21N3O. The van der Waals surface area contributed by atoms with Crippen LogP contribution in [0.2, 0.25) is 0 Å². The number of rotatable bonds is 4. The molecule has 0 bridgehead atoms. The highest BCUT2D eigenvalue weighted by Crippen LogP contribution is 2.25. The number of hydrogen-bond acceptors (Lipinski definition) is 3. The smallest absolute Gasteiger partial charge is 0.239 e. The lowest BCUT2D eigenvalue weighted by Gasteiger charge is -2.24. The van der Waals surface area contributed by atoms with E-state index >= 15 is 0 Å². The number of para-hydroxylation sites is 1. The van der Waals surface area contributed by atoms with Gasteiger partial charge >= 0.3 is 0 Å². The highest BCUT2D eigenvalue weighted by Gasteiger charge is 2.16. The van der Waals surface area contributed by atoms with E-state index in [-0.39, 0.29) is 5.91 Å². The summed E-state index contributed by atoms with van der Waals surface area (Å²) in [5, 5.41) is 2.83. The number of nitrogens with zero attached hydrogens (tertiary/aromatic N) is 1. The maximum Gasteiger partial charge on any atom is 0.239 e. The molecule has 0 atom stereocenters. The van der Waals surface area contributed by atoms with Gasteiger partial charge < -0.3 is 16.0 Å². The average Bonchev–Trinajstić information content (AvgIpc) is 2.59. The van der Waals surface area contributed by atoms with Crippen LogP contribution in [0, 0.1) is 0 Å². The number of fused-ring (bicyclic) bond motifs is 1. The third-order valence-corrected chi connectivity index (χ3v) is 3.26. The van der Waals surface area contributed by atoms with Crippen molar-refractivity contribution in [1.29, 1.82) is 0 Å². The van der Waals surface area contributed by atoms with E-state index in [1.165, 1.54) is 17.7 Å². The van der Waals surface area contributed by atoms with Crippen molar-refractivity contribution in [1.82, 2.24) is 5.32 Å². The molecule has 4 heteroatoms. The van der Waals surface area contributed by atoms with Gasteiger partial charge in [0.05, 0.1) is 6.54 Å². The van der Waals surface area contributed by atoms with Crippen molar-refractivity contribution in [2.45, 2.75) is 19.3 Å². The molecule has 4 nitrogen and oxygen atoms in total. The number of amides is 1. The standard InChI is InChI=1S/C14H21N3O/c15-8-9-16-14(18)11-17-10-4-3-6-12-5-1-2-7-13(12)17/h1-2,5,7H,3-4,6,8-11,15H2,(H,16,18). The molecule has 98 valence electrons. The lowest BCUT2D eigenvalue weighted by molar-refractivity contribution is -0.119. The lowest BCUT2D eigenvalue weighted by Crippen LogP contribution is -2.39. The second-order valence-corrected chi connectivity index (χ2v) is 4.65. The fourth-order valence-electron chi connectivity index (χ4n) is 2.37. The normalized spacial score (nSPS) is 14.8. The summed E-state index contributed by atoms with van der Waals surface area (Å²) in [5.74, 6) is 0.0529. The van der Waals surface area contributed by atoms with Crippen molar-refractivity contribution >= 4 is 11.6 Å². The summed E-state index contributed by atoms with van der Waals surface area (Å²) in [4.78, 5) is 14.0. The minimum absolute atomic E-state index is 0.0529. The molecule has 3 N–H and O–H groups in total. The second kappa shape index (κ2) is 6.40. The summed E-state index contributed by atoms with van der Waals surface area (Å²) in [6.07, 6.45) is 3.44. The summed E-state index contributed by atoms with van der Waals surface area (Å²) in [6.45, 7) is 2.42. The molecule has 0 fully saturated rings. The van der Waals surface area contributed by atoms with E-state index in [1.54, 1.807) is 0 Å². The Hall–Kier alpha value is -1.55. The molecule has 0 radical (unpaired) electrons. The first-order valence-corrected chi connectivity index (χ1v) is 6.61. The van der Waals surface area contributed by atoms with Gasteiger partial charge in [0.1, 0.15) is 0 Å². The van der Waals surface area contributed by atoms with Crippen LogP contribution in [-0.2, 0) is 11.2 Å². The quantitative estimate of drug-likeness (QED) is 0.831. The molecule has 1 aromatic carbocycles. The zero-order chi connectivity index (χ0) is 12.8. The van der Waals surface area contributed by atoms with E-state index in [4.69, 9.17) is 5.73 Å². The van der Waals surface area contributed by atoms with Gasteiger partial charge in [-0.05, 0) is 30.9 Å². The largest absolute Gasteiger partial charge is 0.362 e. The van der Waals surface area contributed by atoms with Gasteiger partial charge in [-0.15, -0.1) is 0 Å². The predicted octanol–water partition coefficient (Wildman–Crippen LogP) is 0.904. The van der Waals surface area contributed by atoms with E-state index < -0.39 is 0 Å². The highest BCUT2D eigenvalue weighted by molar-refractivity contribution is 5.81. The van der Waals surface area contributed by atoms with Gasteiger partial charge in [0.2, 0.25) is 5.91 Å². The molecular weight excluding hydrogens is 226 g/mol. The third-order valence-electron chi connectivity index (χ3n) is 3.26. The predicted molar refractivity (Wildman–Crippen MR) is 73.7 cm³/mol. The van der Waals surface area contributed by atoms with Crippen LogP contribution in [0.3, 0.4) is 0 Å². The van der Waals surface area contributed by atoms with Crippen LogP contribution in [0.4, 0.5) is 5.69 Å². The van der Waals surface area contributed by atoms with E-state index in [9.17, 15) is 4.79 Å². The number of hydrogen-bond donors (Lipinski definition) is 2. The molecule has 0 aromatic heterocycles. The molecule has 1 amide bonds. The van der Waals surface area contributed by atoms with E-state index in [0.29, 0.717) is 19.6 Å². The number of nitrogens with one attached hydrogen (secondary N) is 1. The SMILES string of the molecule is NCCNC(=O)CN1CCCCc2ccccc21. The van der Waals surface area contributed by atoms with E-state index in [0.717, 1.165) is 19.4 Å². The van der Waals surface area contributed by atoms with Gasteiger partial charge in [0.25, 0.3) is 0 Å². The van der Waals surface area contributed by atoms with Crippen LogP contribution >= 0.6 is 0 Å². The van der Waals surface area contributed by atoms with Crippen LogP contribution in [0.5, 0.6) is 0 Å². The number of carbonyl (C=O) groups excluding carboxylic acids is 1. The molecule has 0 aliphatic carbocycles. The maximum absolute atomic E-state index is 11.8. The van der Waals surface area contributed by atoms with Crippen molar-refractivity contribution in [2.24, 2.45) is 5.73 Å². The summed E-state index contributed by atoms with van der Waals surface area (Å²) < 4.78 is 0. The first kappa shape index (κ1) is 12.9. The fourth-order valence-corrected chi connectivity index (χ4v) is 2.37. The van der Waals surface area contributed by atoms with E-state index in [1.807, 2.05) is 6.07 Å². The summed E-state index contributed by atoms with van der Waals surface area (Å²) in [7, 11) is 0. The second-order valence-electron chi connectivity index (χ2n) is 4.65. The monoisotopic (exact) mass is 247 g/mol. The Balaban J connectivity index is 2.06. The molecule has 0 spiro atoms. The number of carbonyl (C=O) groups is 1. The van der Waals surface area contributed by atoms with Crippen LogP contribution in [0.1, 0.15) is 18.4 Å². The number of nitrogens with two attached hydrogens (primary N) is 1. The Morgan fingerprint density at radius 1 is 1.33 bits per heavy atom. The Bertz CT molecular complexity index is 406. The van der Waals surface area contributed by atoms with Crippen LogP contribution in [0.25, 0.3) is 0 Å². The molecule has 1 aliphatic heterocycles. The number of aryl methyl sites for hydroxylation is 1. The molecule has 1 aromatic rings. The zero-order valence-electron chi connectivity index (χ0n) is 10.7. The first-order valence-electron chi connectivity index (χ1n) is 6.61. The van der Waals surface area contributed by atoms with Gasteiger partial charge in [0.15, 0.2) is 0 Å². The summed E-state index contributed by atoms with van der Waals surface area (Å²) in [5.41, 5.74) is 7.94. The fraction of sp³-hybridized carbons (Fsp3) is 0.500. The molecule has 1 heterocycles. The molecule has 0 saturated heterocycles. The van der Waals surface area contributed by atoms with Gasteiger partial charge in [0, 0.05) is 25.3 Å². The topological polar surface area (TPSA) is 58.4 Å². The van der Waals surface area contributed by atoms with Crippen molar-refractivity contribution in [3.05, 3.63) is 29.8 Å². The molecule has 18 heavy (non-hydrogen) atoms. The summed E-state index contributed by atoms with van der Waals surface area (Å²) in [6, 6.07) is 8.37. The van der Waals surface area contributed by atoms with Crippen molar-refractivity contribution in [3.8, 4) is 0 Å². The Morgan fingerprint density at radius 2 is 2.17 bits per heavy atom. The highest BCUT2D eigenvalue weighted by atomic mass is 16.2. The molecule has 0 unspecified atom stereocenters. The van der Waals surface area contributed by atoms with Gasteiger partial charge in [-0.25, -0.2) is 0 Å². The number of anilines is 1. The van der Waals surface area contributed by atoms with Crippen LogP contribution in [0.15, 0.2) is 24.3 Å². The van der Waals surface area contributed by atoms with Crippen molar-refractivity contribution < 1.29 is 4.79 Å². The third kappa shape index (κ3) is 3.23. The van der Waals surface area contributed by atoms with Crippen LogP contribution in [-0.4, -0.2) is 32.1 Å². The number of benzene rings is 1. The minimum Gasteiger partial charge on any atom is -0.362 e. The molecule has 2 rings (SSSR count). The average molecular weight is 247 g/mol. The molecule has 0 saturated carbocycles. The van der Waals surface area contributed by atoms with Crippen molar-refractivity contribution in [2.75, 3.05) is 31.1 Å². The summed E-state index contributed by atoms with van der Waals surface area (Å²) >= 11 is 0. The van der Waals surface area contributed by atoms with Gasteiger partial charge in [-0.3, -0.25) is 4.79 Å². The van der Waals surface area contributed by atoms with Gasteiger partial charge in [-0.1, -0.05) is 18.2 Å².